The van der Waals surface area contributed by atoms with Crippen LogP contribution in [0.15, 0.2) is 68.9 Å². The van der Waals surface area contributed by atoms with Crippen LogP contribution in [0.5, 0.6) is 0 Å². The second kappa shape index (κ2) is 9.52. The van der Waals surface area contributed by atoms with Crippen molar-refractivity contribution >= 4 is 34.7 Å². The van der Waals surface area contributed by atoms with Gasteiger partial charge in [0.15, 0.2) is 4.80 Å². The van der Waals surface area contributed by atoms with Crippen molar-refractivity contribution in [3.8, 4) is 5.69 Å². The number of esters is 1. The monoisotopic (exact) mass is 517 g/mol. The van der Waals surface area contributed by atoms with Gasteiger partial charge in [-0.2, -0.15) is 0 Å². The fourth-order valence-corrected chi connectivity index (χ4v) is 6.53. The Morgan fingerprint density at radius 2 is 1.89 bits per heavy atom. The first-order valence-electron chi connectivity index (χ1n) is 11.8. The third kappa shape index (κ3) is 4.10. The topological polar surface area (TPSA) is 65.6 Å². The molecule has 0 aliphatic carbocycles. The molecule has 0 saturated carbocycles. The van der Waals surface area contributed by atoms with Gasteiger partial charge in [-0.15, -0.1) is 11.3 Å². The minimum atomic E-state index is -0.553. The maximum Gasteiger partial charge on any atom is 0.338 e. The number of fused-ring (bicyclic) bond motifs is 1. The lowest BCUT2D eigenvalue weighted by molar-refractivity contribution is -0.139. The van der Waals surface area contributed by atoms with Gasteiger partial charge in [-0.3, -0.25) is 9.36 Å². The van der Waals surface area contributed by atoms with Crippen molar-refractivity contribution in [2.75, 3.05) is 6.61 Å². The number of nitrogens with zero attached hydrogens (tertiary/aromatic N) is 3. The summed E-state index contributed by atoms with van der Waals surface area (Å²) in [5.41, 5.74) is 6.25. The molecule has 0 radical (unpaired) electrons. The largest absolute Gasteiger partial charge is 0.463 e. The number of ether oxygens (including phenoxy) is 1. The average molecular weight is 518 g/mol. The second-order valence-electron chi connectivity index (χ2n) is 8.82. The lowest BCUT2D eigenvalue weighted by atomic mass is 10.0. The van der Waals surface area contributed by atoms with E-state index in [1.165, 1.54) is 28.2 Å². The van der Waals surface area contributed by atoms with Crippen LogP contribution in [-0.2, 0) is 9.53 Å². The normalized spacial score (nSPS) is 15.7. The molecule has 4 heterocycles. The Morgan fingerprint density at radius 1 is 1.14 bits per heavy atom. The minimum absolute atomic E-state index is 0.161. The molecule has 0 fully saturated rings. The Labute approximate surface area is 217 Å². The van der Waals surface area contributed by atoms with Crippen molar-refractivity contribution in [1.82, 2.24) is 9.13 Å². The average Bonchev–Trinajstić information content (AvgIpc) is 3.54. The molecule has 0 amide bonds. The van der Waals surface area contributed by atoms with Crippen LogP contribution in [0.1, 0.15) is 47.3 Å². The summed E-state index contributed by atoms with van der Waals surface area (Å²) in [6, 6.07) is 13.8. The fraction of sp³-hybridized carbons (Fsp3) is 0.250. The van der Waals surface area contributed by atoms with Crippen molar-refractivity contribution in [3.63, 3.8) is 0 Å². The Balaban J connectivity index is 1.67. The Kier molecular flexibility index (Phi) is 6.40. The maximum absolute atomic E-state index is 13.8. The molecule has 1 aromatic carbocycles. The van der Waals surface area contributed by atoms with Gasteiger partial charge in [0, 0.05) is 22.0 Å². The molecule has 5 rings (SSSR count). The third-order valence-electron chi connectivity index (χ3n) is 6.38. The number of thiophene rings is 1. The summed E-state index contributed by atoms with van der Waals surface area (Å²) in [4.78, 5) is 32.8. The minimum Gasteiger partial charge on any atom is -0.463 e. The lowest BCUT2D eigenvalue weighted by Gasteiger charge is -2.23. The van der Waals surface area contributed by atoms with Gasteiger partial charge in [0.1, 0.15) is 6.04 Å². The first kappa shape index (κ1) is 24.2. The summed E-state index contributed by atoms with van der Waals surface area (Å²) >= 11 is 2.86. The van der Waals surface area contributed by atoms with E-state index in [2.05, 4.69) is 60.7 Å². The van der Waals surface area contributed by atoms with Gasteiger partial charge < -0.3 is 9.30 Å². The summed E-state index contributed by atoms with van der Waals surface area (Å²) in [6.45, 7) is 10.0. The van der Waals surface area contributed by atoms with E-state index < -0.39 is 12.0 Å². The first-order valence-corrected chi connectivity index (χ1v) is 13.5. The van der Waals surface area contributed by atoms with Crippen LogP contribution in [0.25, 0.3) is 11.8 Å². The second-order valence-corrected chi connectivity index (χ2v) is 10.8. The zero-order valence-corrected chi connectivity index (χ0v) is 22.5. The predicted octanol–water partition coefficient (Wildman–Crippen LogP) is 4.58. The van der Waals surface area contributed by atoms with E-state index in [4.69, 9.17) is 4.74 Å². The molecule has 3 aromatic heterocycles. The molecule has 0 N–H and O–H groups in total. The first-order chi connectivity index (χ1) is 17.3. The molecule has 6 nitrogen and oxygen atoms in total. The van der Waals surface area contributed by atoms with Gasteiger partial charge in [0.2, 0.25) is 0 Å². The molecular weight excluding hydrogens is 490 g/mol. The zero-order valence-electron chi connectivity index (χ0n) is 20.9. The summed E-state index contributed by atoms with van der Waals surface area (Å²) < 4.78 is 9.76. The number of rotatable bonds is 5. The van der Waals surface area contributed by atoms with Crippen molar-refractivity contribution in [1.29, 1.82) is 0 Å². The summed E-state index contributed by atoms with van der Waals surface area (Å²) in [5.74, 6) is -0.437. The van der Waals surface area contributed by atoms with E-state index >= 15 is 0 Å². The maximum atomic E-state index is 13.8. The molecule has 1 atom stereocenters. The van der Waals surface area contributed by atoms with Crippen molar-refractivity contribution in [3.05, 3.63) is 106 Å². The molecular formula is C28H27N3O3S2. The van der Waals surface area contributed by atoms with Crippen LogP contribution >= 0.6 is 22.7 Å². The summed E-state index contributed by atoms with van der Waals surface area (Å²) in [7, 11) is 0. The molecule has 1 aliphatic heterocycles. The smallest absolute Gasteiger partial charge is 0.338 e. The Morgan fingerprint density at radius 3 is 2.56 bits per heavy atom. The van der Waals surface area contributed by atoms with Crippen LogP contribution in [0.2, 0.25) is 0 Å². The number of aryl methyl sites for hydroxylation is 2. The number of carbonyl (C=O) groups is 1. The molecule has 0 saturated heterocycles. The number of hydrogen-bond acceptors (Lipinski definition) is 6. The third-order valence-corrected chi connectivity index (χ3v) is 8.29. The van der Waals surface area contributed by atoms with Gasteiger partial charge in [-0.1, -0.05) is 35.1 Å². The van der Waals surface area contributed by atoms with E-state index in [1.54, 1.807) is 18.4 Å². The zero-order chi connectivity index (χ0) is 25.6. The van der Waals surface area contributed by atoms with E-state index in [0.29, 0.717) is 20.6 Å². The number of aromatic nitrogens is 2. The van der Waals surface area contributed by atoms with Crippen LogP contribution in [0.3, 0.4) is 0 Å². The Bertz CT molecular complexity index is 1670. The van der Waals surface area contributed by atoms with E-state index in [-0.39, 0.29) is 12.2 Å². The van der Waals surface area contributed by atoms with Gasteiger partial charge in [0.25, 0.3) is 5.56 Å². The molecule has 1 aliphatic rings. The molecule has 0 unspecified atom stereocenters. The highest BCUT2D eigenvalue weighted by atomic mass is 32.1. The fourth-order valence-electron chi connectivity index (χ4n) is 4.67. The molecule has 4 aromatic rings. The number of allylic oxidation sites excluding steroid dienone is 1. The highest BCUT2D eigenvalue weighted by Crippen LogP contribution is 2.33. The lowest BCUT2D eigenvalue weighted by Crippen LogP contribution is -2.39. The van der Waals surface area contributed by atoms with Crippen molar-refractivity contribution in [2.45, 2.75) is 40.7 Å². The van der Waals surface area contributed by atoms with Gasteiger partial charge in [-0.05, 0) is 75.9 Å². The number of carbonyl (C=O) groups excluding carboxylic acids is 1. The molecule has 0 bridgehead atoms. The van der Waals surface area contributed by atoms with E-state index in [1.807, 2.05) is 23.6 Å². The molecule has 8 heteroatoms. The summed E-state index contributed by atoms with van der Waals surface area (Å²) in [5, 5.41) is 1.95. The SMILES string of the molecule is CCOC(=O)C1=C(C)N=c2s/c(=C\c3cc(C)n(-c4ccc(C)cc4)c3C)c(=O)n2[C@H]1c1cccs1. The standard InChI is InChI=1S/C28H27N3O3S2/c1-6-34-27(33)24-18(4)29-28-31(25(24)22-8-7-13-35-22)26(32)23(36-28)15-20-14-17(3)30(19(20)5)21-11-9-16(2)10-12-21/h7-15,25H,6H2,1-5H3/b23-15-/t25-/m0/s1. The number of thiazole rings is 1. The van der Waals surface area contributed by atoms with Crippen LogP contribution in [0, 0.1) is 20.8 Å². The van der Waals surface area contributed by atoms with Crippen LogP contribution in [-0.4, -0.2) is 21.7 Å². The van der Waals surface area contributed by atoms with Crippen LogP contribution < -0.4 is 14.9 Å². The van der Waals surface area contributed by atoms with Gasteiger partial charge in [0.05, 0.1) is 22.4 Å². The van der Waals surface area contributed by atoms with E-state index in [0.717, 1.165) is 27.5 Å². The highest BCUT2D eigenvalue weighted by Gasteiger charge is 2.33. The van der Waals surface area contributed by atoms with Crippen molar-refractivity contribution in [2.24, 2.45) is 4.99 Å². The van der Waals surface area contributed by atoms with E-state index in [9.17, 15) is 9.59 Å². The molecule has 184 valence electrons. The van der Waals surface area contributed by atoms with Gasteiger partial charge in [-0.25, -0.2) is 9.79 Å². The summed E-state index contributed by atoms with van der Waals surface area (Å²) in [6.07, 6.45) is 1.94. The predicted molar refractivity (Wildman–Crippen MR) is 145 cm³/mol. The number of hydrogen-bond donors (Lipinski definition) is 0. The van der Waals surface area contributed by atoms with Crippen LogP contribution in [0.4, 0.5) is 0 Å². The quantitative estimate of drug-likeness (QED) is 0.364. The molecule has 36 heavy (non-hydrogen) atoms. The van der Waals surface area contributed by atoms with Gasteiger partial charge >= 0.3 is 5.97 Å². The number of benzene rings is 1. The molecule has 0 spiro atoms. The Hall–Kier alpha value is -3.49. The highest BCUT2D eigenvalue weighted by molar-refractivity contribution is 7.10. The van der Waals surface area contributed by atoms with Crippen molar-refractivity contribution < 1.29 is 9.53 Å².